The molecule has 0 saturated carbocycles. The van der Waals surface area contributed by atoms with E-state index in [1.807, 2.05) is 6.92 Å². The maximum Gasteiger partial charge on any atom is 0.257 e. The zero-order valence-corrected chi connectivity index (χ0v) is 19.0. The number of benzene rings is 1. The molecule has 9 heteroatoms. The molecule has 3 atom stereocenters. The van der Waals surface area contributed by atoms with Crippen LogP contribution in [-0.2, 0) is 19.1 Å². The number of methoxy groups -OCH3 is 1. The third kappa shape index (κ3) is 5.98. The van der Waals surface area contributed by atoms with Gasteiger partial charge in [-0.25, -0.2) is 0 Å². The minimum atomic E-state index is -0.327. The predicted molar refractivity (Wildman–Crippen MR) is 119 cm³/mol. The standard InChI is InChI=1S/C23H33N3O6/c1-4-5-21(27)25-15-6-9-19-17(12-15)23(29)26(2)18-8-7-16(32-20(18)14-31-19)13-22(28)24-10-11-30-3/h6,9,12,16,18,20H,4-5,7-8,10-11,13-14H2,1-3H3,(H,24,28)(H,25,27)/t16-,18-,20-/m1/s1. The van der Waals surface area contributed by atoms with Gasteiger partial charge < -0.3 is 29.7 Å². The van der Waals surface area contributed by atoms with Gasteiger partial charge in [-0.1, -0.05) is 6.92 Å². The van der Waals surface area contributed by atoms with E-state index in [4.69, 9.17) is 14.2 Å². The summed E-state index contributed by atoms with van der Waals surface area (Å²) in [6, 6.07) is 4.95. The van der Waals surface area contributed by atoms with Crippen LogP contribution in [0.5, 0.6) is 5.75 Å². The van der Waals surface area contributed by atoms with E-state index < -0.39 is 0 Å². The van der Waals surface area contributed by atoms with Crippen LogP contribution in [0.3, 0.4) is 0 Å². The molecule has 1 saturated heterocycles. The van der Waals surface area contributed by atoms with Gasteiger partial charge in [-0.15, -0.1) is 0 Å². The Morgan fingerprint density at radius 1 is 1.25 bits per heavy atom. The molecule has 3 rings (SSSR count). The van der Waals surface area contributed by atoms with Crippen molar-refractivity contribution in [2.45, 2.75) is 57.3 Å². The molecule has 32 heavy (non-hydrogen) atoms. The van der Waals surface area contributed by atoms with Gasteiger partial charge in [0.1, 0.15) is 18.5 Å². The quantitative estimate of drug-likeness (QED) is 0.590. The fourth-order valence-electron chi connectivity index (χ4n) is 4.13. The minimum Gasteiger partial charge on any atom is -0.490 e. The Hall–Kier alpha value is -2.65. The molecule has 2 heterocycles. The Morgan fingerprint density at radius 2 is 2.06 bits per heavy atom. The monoisotopic (exact) mass is 447 g/mol. The zero-order chi connectivity index (χ0) is 23.1. The highest BCUT2D eigenvalue weighted by Crippen LogP contribution is 2.32. The van der Waals surface area contributed by atoms with E-state index in [-0.39, 0.29) is 49.0 Å². The highest BCUT2D eigenvalue weighted by Gasteiger charge is 2.39. The van der Waals surface area contributed by atoms with Gasteiger partial charge in [0, 0.05) is 32.8 Å². The minimum absolute atomic E-state index is 0.0790. The van der Waals surface area contributed by atoms with Crippen molar-refractivity contribution >= 4 is 23.4 Å². The molecule has 9 nitrogen and oxygen atoms in total. The maximum atomic E-state index is 13.2. The van der Waals surface area contributed by atoms with Crippen LogP contribution in [0.4, 0.5) is 5.69 Å². The summed E-state index contributed by atoms with van der Waals surface area (Å²) in [4.78, 5) is 39.0. The molecule has 0 radical (unpaired) electrons. The van der Waals surface area contributed by atoms with Crippen molar-refractivity contribution in [1.29, 1.82) is 0 Å². The Balaban J connectivity index is 1.67. The predicted octanol–water partition coefficient (Wildman–Crippen LogP) is 1.96. The van der Waals surface area contributed by atoms with Crippen LogP contribution >= 0.6 is 0 Å². The van der Waals surface area contributed by atoms with E-state index in [0.29, 0.717) is 49.4 Å². The largest absolute Gasteiger partial charge is 0.490 e. The first-order chi connectivity index (χ1) is 15.4. The summed E-state index contributed by atoms with van der Waals surface area (Å²) in [6.45, 7) is 3.14. The van der Waals surface area contributed by atoms with Crippen molar-refractivity contribution in [2.75, 3.05) is 39.2 Å². The third-order valence-electron chi connectivity index (χ3n) is 5.81. The Bertz CT molecular complexity index is 830. The molecule has 0 unspecified atom stereocenters. The summed E-state index contributed by atoms with van der Waals surface area (Å²) in [5.74, 6) is 0.111. The number of likely N-dealkylation sites (N-methyl/N-ethyl adjacent to an activating group) is 1. The molecule has 2 aliphatic rings. The topological polar surface area (TPSA) is 106 Å². The summed E-state index contributed by atoms with van der Waals surface area (Å²) >= 11 is 0. The second-order valence-electron chi connectivity index (χ2n) is 8.22. The van der Waals surface area contributed by atoms with Gasteiger partial charge >= 0.3 is 0 Å². The summed E-state index contributed by atoms with van der Waals surface area (Å²) in [6.07, 6.45) is 2.29. The molecule has 176 valence electrons. The van der Waals surface area contributed by atoms with Gasteiger partial charge in [-0.3, -0.25) is 14.4 Å². The summed E-state index contributed by atoms with van der Waals surface area (Å²) in [5.41, 5.74) is 0.990. The zero-order valence-electron chi connectivity index (χ0n) is 19.0. The fourth-order valence-corrected chi connectivity index (χ4v) is 4.13. The average molecular weight is 448 g/mol. The average Bonchev–Trinajstić information content (AvgIpc) is 2.77. The molecular weight excluding hydrogens is 414 g/mol. The number of carbonyl (C=O) groups is 3. The lowest BCUT2D eigenvalue weighted by molar-refractivity contribution is -0.134. The Kier molecular flexibility index (Phi) is 8.46. The number of nitrogens with zero attached hydrogens (tertiary/aromatic N) is 1. The van der Waals surface area contributed by atoms with Gasteiger partial charge in [0.05, 0.1) is 30.7 Å². The van der Waals surface area contributed by atoms with Gasteiger partial charge in [0.15, 0.2) is 0 Å². The molecule has 2 N–H and O–H groups in total. The van der Waals surface area contributed by atoms with Gasteiger partial charge in [0.25, 0.3) is 5.91 Å². The number of carbonyl (C=O) groups excluding carboxylic acids is 3. The number of fused-ring (bicyclic) bond motifs is 2. The Morgan fingerprint density at radius 3 is 2.81 bits per heavy atom. The number of ether oxygens (including phenoxy) is 3. The van der Waals surface area contributed by atoms with E-state index in [1.165, 1.54) is 0 Å². The van der Waals surface area contributed by atoms with Crippen LogP contribution in [-0.4, -0.2) is 74.8 Å². The van der Waals surface area contributed by atoms with Gasteiger partial charge in [-0.05, 0) is 37.5 Å². The van der Waals surface area contributed by atoms with Crippen LogP contribution < -0.4 is 15.4 Å². The van der Waals surface area contributed by atoms with Gasteiger partial charge in [0.2, 0.25) is 11.8 Å². The number of hydrogen-bond donors (Lipinski definition) is 2. The molecule has 0 aliphatic carbocycles. The van der Waals surface area contributed by atoms with Crippen molar-refractivity contribution in [1.82, 2.24) is 10.2 Å². The molecule has 1 aromatic carbocycles. The van der Waals surface area contributed by atoms with Crippen LogP contribution in [0.2, 0.25) is 0 Å². The first kappa shape index (κ1) is 24.0. The second-order valence-corrected chi connectivity index (χ2v) is 8.22. The van der Waals surface area contributed by atoms with E-state index in [2.05, 4.69) is 10.6 Å². The lowest BCUT2D eigenvalue weighted by Gasteiger charge is -2.42. The molecule has 1 fully saturated rings. The number of anilines is 1. The normalized spacial score (nSPS) is 22.7. The van der Waals surface area contributed by atoms with E-state index in [1.54, 1.807) is 37.3 Å². The molecule has 0 aromatic heterocycles. The van der Waals surface area contributed by atoms with E-state index >= 15 is 0 Å². The molecule has 2 aliphatic heterocycles. The SMILES string of the molecule is CCCC(=O)Nc1ccc2c(c1)C(=O)N(C)[C@@H]1CC[C@H](CC(=O)NCCOC)O[C@@H]1CO2. The van der Waals surface area contributed by atoms with Crippen molar-refractivity contribution in [3.8, 4) is 5.75 Å². The summed E-state index contributed by atoms with van der Waals surface area (Å²) < 4.78 is 17.1. The van der Waals surface area contributed by atoms with Crippen molar-refractivity contribution in [3.05, 3.63) is 23.8 Å². The highest BCUT2D eigenvalue weighted by atomic mass is 16.5. The lowest BCUT2D eigenvalue weighted by Crippen LogP contribution is -2.54. The van der Waals surface area contributed by atoms with Crippen LogP contribution in [0.1, 0.15) is 49.4 Å². The maximum absolute atomic E-state index is 13.2. The van der Waals surface area contributed by atoms with E-state index in [9.17, 15) is 14.4 Å². The summed E-state index contributed by atoms with van der Waals surface area (Å²) in [7, 11) is 3.35. The Labute approximate surface area is 188 Å². The first-order valence-electron chi connectivity index (χ1n) is 11.2. The first-order valence-corrected chi connectivity index (χ1v) is 11.2. The lowest BCUT2D eigenvalue weighted by atomic mass is 9.94. The van der Waals surface area contributed by atoms with Crippen molar-refractivity contribution in [3.63, 3.8) is 0 Å². The van der Waals surface area contributed by atoms with Crippen molar-refractivity contribution in [2.24, 2.45) is 0 Å². The molecule has 0 spiro atoms. The van der Waals surface area contributed by atoms with Crippen LogP contribution in [0.25, 0.3) is 0 Å². The number of amides is 3. The fraction of sp³-hybridized carbons (Fsp3) is 0.609. The van der Waals surface area contributed by atoms with Crippen LogP contribution in [0.15, 0.2) is 18.2 Å². The number of rotatable bonds is 8. The third-order valence-corrected chi connectivity index (χ3v) is 5.81. The second kappa shape index (κ2) is 11.3. The highest BCUT2D eigenvalue weighted by molar-refractivity contribution is 5.99. The van der Waals surface area contributed by atoms with Crippen molar-refractivity contribution < 1.29 is 28.6 Å². The van der Waals surface area contributed by atoms with Crippen LogP contribution in [0, 0.1) is 0 Å². The smallest absolute Gasteiger partial charge is 0.257 e. The number of hydrogen-bond acceptors (Lipinski definition) is 6. The summed E-state index contributed by atoms with van der Waals surface area (Å²) in [5, 5.41) is 5.64. The van der Waals surface area contributed by atoms with Gasteiger partial charge in [-0.2, -0.15) is 0 Å². The number of nitrogens with one attached hydrogen (secondary N) is 2. The molecular formula is C23H33N3O6. The molecule has 3 amide bonds. The van der Waals surface area contributed by atoms with E-state index in [0.717, 1.165) is 6.42 Å². The molecule has 1 aromatic rings. The molecule has 0 bridgehead atoms.